The Morgan fingerprint density at radius 3 is 2.51 bits per heavy atom. The fourth-order valence-electron chi connectivity index (χ4n) is 9.21. The molecule has 10 heteroatoms. The molecule has 3 saturated carbocycles. The highest BCUT2D eigenvalue weighted by atomic mass is 32.2. The number of Topliss-reactive ketones (excluding diaryl/α,β-unsaturated/α-hetero) is 1. The van der Waals surface area contributed by atoms with Gasteiger partial charge < -0.3 is 19.7 Å². The Balaban J connectivity index is 1.20. The van der Waals surface area contributed by atoms with Crippen LogP contribution in [0.15, 0.2) is 87.0 Å². The van der Waals surface area contributed by atoms with Crippen molar-refractivity contribution < 1.29 is 38.1 Å². The van der Waals surface area contributed by atoms with Crippen molar-refractivity contribution in [2.24, 2.45) is 22.7 Å². The predicted octanol–water partition coefficient (Wildman–Crippen LogP) is 6.20. The highest BCUT2D eigenvalue weighted by Gasteiger charge is 2.80. The molecule has 5 aliphatic rings. The number of halogens is 2. The lowest BCUT2D eigenvalue weighted by molar-refractivity contribution is -0.235. The van der Waals surface area contributed by atoms with Crippen LogP contribution >= 0.6 is 23.5 Å². The number of ether oxygens (including phenoxy) is 2. The summed E-state index contributed by atoms with van der Waals surface area (Å²) in [6.07, 6.45) is 0.691. The topological polar surface area (TPSA) is 93.1 Å². The van der Waals surface area contributed by atoms with Gasteiger partial charge >= 0.3 is 0 Å². The van der Waals surface area contributed by atoms with Crippen molar-refractivity contribution in [3.05, 3.63) is 77.9 Å². The van der Waals surface area contributed by atoms with Crippen molar-refractivity contribution in [1.82, 2.24) is 0 Å². The van der Waals surface area contributed by atoms with Gasteiger partial charge in [-0.3, -0.25) is 9.59 Å². The number of aliphatic hydroxyl groups excluding tert-OH is 2. The number of benzene rings is 2. The number of alkyl halides is 2. The van der Waals surface area contributed by atoms with E-state index in [2.05, 4.69) is 12.1 Å². The zero-order valence-corrected chi connectivity index (χ0v) is 26.9. The Morgan fingerprint density at radius 2 is 1.80 bits per heavy atom. The molecule has 1 aliphatic heterocycles. The van der Waals surface area contributed by atoms with Crippen molar-refractivity contribution in [2.75, 3.05) is 12.9 Å². The Morgan fingerprint density at radius 1 is 1.07 bits per heavy atom. The fourth-order valence-corrected chi connectivity index (χ4v) is 10.6. The van der Waals surface area contributed by atoms with Gasteiger partial charge in [-0.1, -0.05) is 43.0 Å². The number of allylic oxidation sites excluding steroid dienone is 4. The largest absolute Gasteiger partial charge is 0.390 e. The molecule has 0 unspecified atom stereocenters. The molecule has 7 rings (SSSR count). The molecular weight excluding hydrogens is 619 g/mol. The minimum Gasteiger partial charge on any atom is -0.390 e. The third-order valence-electron chi connectivity index (χ3n) is 11.4. The third-order valence-corrected chi connectivity index (χ3v) is 13.1. The maximum Gasteiger partial charge on any atom is 0.193 e. The van der Waals surface area contributed by atoms with Gasteiger partial charge in [0.05, 0.1) is 12.2 Å². The van der Waals surface area contributed by atoms with Gasteiger partial charge in [-0.15, -0.1) is 11.8 Å². The number of ketones is 2. The molecule has 0 amide bonds. The summed E-state index contributed by atoms with van der Waals surface area (Å²) in [5.74, 6) is -2.58. The Kier molecular flexibility index (Phi) is 7.54. The zero-order chi connectivity index (χ0) is 31.9. The average molecular weight is 655 g/mol. The maximum atomic E-state index is 17.6. The Labute approximate surface area is 269 Å². The summed E-state index contributed by atoms with van der Waals surface area (Å²) >= 11 is 3.30. The molecule has 1 saturated heterocycles. The minimum absolute atomic E-state index is 0.0434. The minimum atomic E-state index is -2.28. The SMILES string of the molecule is CSc1cccc(Sc2ccc([C@@H]3O[C@@H]4C[C@H]5[C@@H]6C[C@H](F)C7=CC(=O)C=C[C@]7(C)[C@@]6(F)[C@@H](O)C[C@]5(C)[C@]4(C(=O)CO)O3)cc2)c1. The Bertz CT molecular complexity index is 1610. The normalized spacial score (nSPS) is 41.6. The van der Waals surface area contributed by atoms with Crippen LogP contribution in [0.4, 0.5) is 8.78 Å². The van der Waals surface area contributed by atoms with Crippen LogP contribution in [0.2, 0.25) is 0 Å². The van der Waals surface area contributed by atoms with Gasteiger partial charge in [0.1, 0.15) is 12.8 Å². The van der Waals surface area contributed by atoms with Gasteiger partial charge in [0.15, 0.2) is 29.1 Å². The van der Waals surface area contributed by atoms with E-state index >= 15 is 8.78 Å². The third kappa shape index (κ3) is 4.29. The van der Waals surface area contributed by atoms with E-state index in [9.17, 15) is 19.8 Å². The number of carbonyl (C=O) groups excluding carboxylic acids is 2. The van der Waals surface area contributed by atoms with Crippen molar-refractivity contribution in [3.63, 3.8) is 0 Å². The van der Waals surface area contributed by atoms with Gasteiger partial charge in [-0.05, 0) is 86.4 Å². The summed E-state index contributed by atoms with van der Waals surface area (Å²) in [7, 11) is 0. The van der Waals surface area contributed by atoms with Crippen LogP contribution in [0.5, 0.6) is 0 Å². The van der Waals surface area contributed by atoms with Gasteiger partial charge in [-0.2, -0.15) is 0 Å². The molecule has 10 atom stereocenters. The van der Waals surface area contributed by atoms with E-state index < -0.39 is 76.8 Å². The van der Waals surface area contributed by atoms with E-state index in [-0.39, 0.29) is 24.8 Å². The second-order valence-corrected chi connectivity index (χ2v) is 15.4. The molecule has 2 aromatic carbocycles. The molecule has 4 aliphatic carbocycles. The molecule has 4 fully saturated rings. The predicted molar refractivity (Wildman–Crippen MR) is 166 cm³/mol. The number of carbonyl (C=O) groups is 2. The zero-order valence-electron chi connectivity index (χ0n) is 25.2. The monoisotopic (exact) mass is 654 g/mol. The lowest BCUT2D eigenvalue weighted by atomic mass is 9.44. The molecule has 2 N–H and O–H groups in total. The summed E-state index contributed by atoms with van der Waals surface area (Å²) < 4.78 is 46.4. The van der Waals surface area contributed by atoms with Gasteiger partial charge in [-0.25, -0.2) is 8.78 Å². The molecule has 1 heterocycles. The lowest BCUT2D eigenvalue weighted by Crippen LogP contribution is -2.70. The van der Waals surface area contributed by atoms with Crippen LogP contribution in [0.1, 0.15) is 45.0 Å². The van der Waals surface area contributed by atoms with Gasteiger partial charge in [0, 0.05) is 37.0 Å². The highest BCUT2D eigenvalue weighted by molar-refractivity contribution is 7.99. The maximum absolute atomic E-state index is 17.6. The molecule has 2 aromatic rings. The fraction of sp³-hybridized carbons (Fsp3) is 0.486. The van der Waals surface area contributed by atoms with E-state index in [1.807, 2.05) is 42.7 Å². The number of thioether (sulfide) groups is 1. The summed E-state index contributed by atoms with van der Waals surface area (Å²) in [6.45, 7) is 2.51. The molecule has 0 aromatic heterocycles. The second kappa shape index (κ2) is 10.9. The van der Waals surface area contributed by atoms with E-state index in [4.69, 9.17) is 9.47 Å². The van der Waals surface area contributed by atoms with Crippen LogP contribution in [0.25, 0.3) is 0 Å². The molecule has 6 nitrogen and oxygen atoms in total. The first kappa shape index (κ1) is 31.3. The van der Waals surface area contributed by atoms with E-state index in [1.165, 1.54) is 17.0 Å². The second-order valence-electron chi connectivity index (χ2n) is 13.3. The van der Waals surface area contributed by atoms with E-state index in [1.54, 1.807) is 37.4 Å². The molecular formula is C35H36F2O6S2. The molecule has 238 valence electrons. The van der Waals surface area contributed by atoms with Crippen molar-refractivity contribution >= 4 is 35.1 Å². The first-order valence-corrected chi connectivity index (χ1v) is 17.3. The first-order valence-electron chi connectivity index (χ1n) is 15.3. The molecule has 0 spiro atoms. The van der Waals surface area contributed by atoms with Crippen LogP contribution in [-0.2, 0) is 19.1 Å². The smallest absolute Gasteiger partial charge is 0.193 e. The Hall–Kier alpha value is -2.34. The molecule has 0 bridgehead atoms. The van der Waals surface area contributed by atoms with Crippen LogP contribution in [0, 0.1) is 22.7 Å². The van der Waals surface area contributed by atoms with Gasteiger partial charge in [0.2, 0.25) is 0 Å². The number of hydrogen-bond acceptors (Lipinski definition) is 8. The van der Waals surface area contributed by atoms with Crippen LogP contribution in [-0.4, -0.2) is 64.3 Å². The van der Waals surface area contributed by atoms with E-state index in [0.717, 1.165) is 15.9 Å². The summed E-state index contributed by atoms with van der Waals surface area (Å²) in [5, 5.41) is 21.9. The number of rotatable bonds is 6. The summed E-state index contributed by atoms with van der Waals surface area (Å²) in [5.41, 5.74) is -5.90. The summed E-state index contributed by atoms with van der Waals surface area (Å²) in [4.78, 5) is 29.2. The number of aliphatic hydroxyl groups is 2. The summed E-state index contributed by atoms with van der Waals surface area (Å²) in [6, 6.07) is 15.9. The number of hydrogen-bond donors (Lipinski definition) is 2. The van der Waals surface area contributed by atoms with E-state index in [0.29, 0.717) is 5.56 Å². The van der Waals surface area contributed by atoms with Crippen molar-refractivity contribution in [1.29, 1.82) is 0 Å². The van der Waals surface area contributed by atoms with Crippen LogP contribution < -0.4 is 0 Å². The van der Waals surface area contributed by atoms with Crippen molar-refractivity contribution in [3.8, 4) is 0 Å². The number of fused-ring (bicyclic) bond motifs is 7. The first-order chi connectivity index (χ1) is 21.4. The standard InChI is InChI=1S/C35H36F2O6S2/c1-32-12-11-20(39)13-26(32)27(36)15-25-24-16-30-35(29(41)18-38,33(24,2)17-28(40)34(25,32)37)43-31(42-30)19-7-9-21(10-8-19)45-23-6-4-5-22(14-23)44-3/h4-14,24-25,27-28,30-31,38,40H,15-18H2,1-3H3/t24-,25-,27-,28-,30+,31+,32-,33-,34-,35+/m0/s1. The van der Waals surface area contributed by atoms with Crippen molar-refractivity contribution in [2.45, 2.75) is 83.7 Å². The van der Waals surface area contributed by atoms with Gasteiger partial charge in [0.25, 0.3) is 0 Å². The molecule has 0 radical (unpaired) electrons. The average Bonchev–Trinajstić information content (AvgIpc) is 3.53. The van der Waals surface area contributed by atoms with Crippen LogP contribution in [0.3, 0.4) is 0 Å². The lowest BCUT2D eigenvalue weighted by Gasteiger charge is -2.63. The molecule has 45 heavy (non-hydrogen) atoms. The quantitative estimate of drug-likeness (QED) is 0.356. The highest BCUT2D eigenvalue weighted by Crippen LogP contribution is 2.72.